The van der Waals surface area contributed by atoms with Gasteiger partial charge in [-0.25, -0.2) is 9.37 Å². The molecule has 1 N–H and O–H groups in total. The molecule has 0 fully saturated rings. The molecule has 5 nitrogen and oxygen atoms in total. The molecule has 21 heavy (non-hydrogen) atoms. The lowest BCUT2D eigenvalue weighted by Gasteiger charge is -2.08. The van der Waals surface area contributed by atoms with Crippen LogP contribution in [0.3, 0.4) is 0 Å². The fraction of sp³-hybridized carbons (Fsp3) is 0.333. The third-order valence-corrected chi connectivity index (χ3v) is 2.95. The highest BCUT2D eigenvalue weighted by molar-refractivity contribution is 5.37. The summed E-state index contributed by atoms with van der Waals surface area (Å²) in [6, 6.07) is 7.11. The number of nitrogens with one attached hydrogen (secondary N) is 1. The average molecular weight is 291 g/mol. The van der Waals surface area contributed by atoms with Crippen LogP contribution in [0.1, 0.15) is 11.3 Å². The summed E-state index contributed by atoms with van der Waals surface area (Å²) in [7, 11) is 2.98. The molecule has 0 bridgehead atoms. The van der Waals surface area contributed by atoms with Crippen LogP contribution in [0.15, 0.2) is 24.3 Å². The number of anilines is 1. The summed E-state index contributed by atoms with van der Waals surface area (Å²) in [5.74, 6) is 0.589. The van der Waals surface area contributed by atoms with E-state index in [0.717, 1.165) is 11.3 Å². The fourth-order valence-electron chi connectivity index (χ4n) is 1.92. The van der Waals surface area contributed by atoms with Gasteiger partial charge in [0.1, 0.15) is 5.82 Å². The molecule has 2 rings (SSSR count). The summed E-state index contributed by atoms with van der Waals surface area (Å²) in [5, 5.41) is 3.17. The van der Waals surface area contributed by atoms with Crippen molar-refractivity contribution >= 4 is 5.82 Å². The minimum Gasteiger partial charge on any atom is -0.494 e. The van der Waals surface area contributed by atoms with Gasteiger partial charge in [0, 0.05) is 18.3 Å². The fourth-order valence-corrected chi connectivity index (χ4v) is 1.92. The lowest BCUT2D eigenvalue weighted by molar-refractivity contribution is 0.379. The highest BCUT2D eigenvalue weighted by Gasteiger charge is 2.04. The average Bonchev–Trinajstić information content (AvgIpc) is 2.47. The van der Waals surface area contributed by atoms with E-state index < -0.39 is 0 Å². The Hall–Kier alpha value is -2.37. The topological polar surface area (TPSA) is 56.3 Å². The van der Waals surface area contributed by atoms with Crippen molar-refractivity contribution in [2.45, 2.75) is 13.3 Å². The van der Waals surface area contributed by atoms with Crippen LogP contribution < -0.4 is 14.8 Å². The summed E-state index contributed by atoms with van der Waals surface area (Å²) < 4.78 is 23.5. The van der Waals surface area contributed by atoms with Crippen molar-refractivity contribution in [2.75, 3.05) is 26.1 Å². The molecular weight excluding hydrogens is 273 g/mol. The monoisotopic (exact) mass is 291 g/mol. The van der Waals surface area contributed by atoms with Crippen molar-refractivity contribution < 1.29 is 13.9 Å². The van der Waals surface area contributed by atoms with Gasteiger partial charge < -0.3 is 14.8 Å². The zero-order chi connectivity index (χ0) is 15.2. The smallest absolute Gasteiger partial charge is 0.318 e. The van der Waals surface area contributed by atoms with Crippen molar-refractivity contribution in [1.29, 1.82) is 0 Å². The van der Waals surface area contributed by atoms with Crippen LogP contribution in [0.4, 0.5) is 10.2 Å². The maximum absolute atomic E-state index is 13.6. The van der Waals surface area contributed by atoms with Crippen LogP contribution >= 0.6 is 0 Å². The van der Waals surface area contributed by atoms with Crippen molar-refractivity contribution in [2.24, 2.45) is 0 Å². The number of aryl methyl sites for hydroxylation is 1. The molecular formula is C15H18FN3O2. The van der Waals surface area contributed by atoms with E-state index in [-0.39, 0.29) is 11.6 Å². The van der Waals surface area contributed by atoms with Crippen LogP contribution in [-0.2, 0) is 6.42 Å². The third-order valence-electron chi connectivity index (χ3n) is 2.95. The summed E-state index contributed by atoms with van der Waals surface area (Å²) in [6.07, 6.45) is 0.673. The highest BCUT2D eigenvalue weighted by atomic mass is 19.1. The van der Waals surface area contributed by atoms with Gasteiger partial charge in [-0.05, 0) is 31.0 Å². The number of nitrogens with zero attached hydrogens (tertiary/aromatic N) is 2. The number of halogens is 1. The molecule has 6 heteroatoms. The first-order chi connectivity index (χ1) is 10.1. The van der Waals surface area contributed by atoms with Gasteiger partial charge in [-0.1, -0.05) is 6.07 Å². The zero-order valence-electron chi connectivity index (χ0n) is 12.3. The molecule has 0 aliphatic heterocycles. The first-order valence-electron chi connectivity index (χ1n) is 6.58. The Bertz CT molecular complexity index is 620. The lowest BCUT2D eigenvalue weighted by Crippen LogP contribution is -2.08. The highest BCUT2D eigenvalue weighted by Crippen LogP contribution is 2.18. The van der Waals surface area contributed by atoms with Gasteiger partial charge in [-0.3, -0.25) is 0 Å². The molecule has 0 amide bonds. The number of benzene rings is 1. The number of aromatic nitrogens is 2. The minimum atomic E-state index is -0.352. The second-order valence-electron chi connectivity index (χ2n) is 4.53. The van der Waals surface area contributed by atoms with Gasteiger partial charge >= 0.3 is 6.01 Å². The van der Waals surface area contributed by atoms with Crippen molar-refractivity contribution in [3.05, 3.63) is 41.3 Å². The first kappa shape index (κ1) is 15.0. The molecule has 1 aromatic heterocycles. The van der Waals surface area contributed by atoms with Gasteiger partial charge in [-0.15, -0.1) is 0 Å². The van der Waals surface area contributed by atoms with E-state index in [2.05, 4.69) is 15.3 Å². The molecule has 0 aliphatic carbocycles. The summed E-state index contributed by atoms with van der Waals surface area (Å²) in [5.41, 5.74) is 1.71. The largest absolute Gasteiger partial charge is 0.494 e. The minimum absolute atomic E-state index is 0.253. The van der Waals surface area contributed by atoms with Gasteiger partial charge in [0.05, 0.1) is 14.2 Å². The Morgan fingerprint density at radius 3 is 2.62 bits per heavy atom. The Morgan fingerprint density at radius 1 is 1.14 bits per heavy atom. The molecule has 0 saturated heterocycles. The number of rotatable bonds is 6. The molecule has 1 heterocycles. The molecule has 0 aliphatic rings. The SMILES string of the molecule is COc1nc(C)cc(NCCc2ccc(OC)c(F)c2)n1. The lowest BCUT2D eigenvalue weighted by atomic mass is 10.1. The number of hydrogen-bond acceptors (Lipinski definition) is 5. The predicted octanol–water partition coefficient (Wildman–Crippen LogP) is 2.60. The second kappa shape index (κ2) is 6.88. The van der Waals surface area contributed by atoms with E-state index in [1.807, 2.05) is 19.1 Å². The number of hydrogen-bond donors (Lipinski definition) is 1. The summed E-state index contributed by atoms with van der Waals surface area (Å²) >= 11 is 0. The van der Waals surface area contributed by atoms with Crippen molar-refractivity contribution in [1.82, 2.24) is 9.97 Å². The van der Waals surface area contributed by atoms with E-state index in [1.165, 1.54) is 20.3 Å². The molecule has 0 radical (unpaired) electrons. The van der Waals surface area contributed by atoms with Crippen LogP contribution in [0.25, 0.3) is 0 Å². The van der Waals surface area contributed by atoms with Crippen LogP contribution in [0, 0.1) is 12.7 Å². The zero-order valence-corrected chi connectivity index (χ0v) is 12.3. The molecule has 0 unspecified atom stereocenters. The molecule has 0 spiro atoms. The molecule has 1 aromatic carbocycles. The van der Waals surface area contributed by atoms with Gasteiger partial charge in [0.2, 0.25) is 0 Å². The molecule has 0 saturated carbocycles. The Kier molecular flexibility index (Phi) is 4.92. The van der Waals surface area contributed by atoms with Crippen LogP contribution in [-0.4, -0.2) is 30.7 Å². The van der Waals surface area contributed by atoms with E-state index in [0.29, 0.717) is 24.8 Å². The van der Waals surface area contributed by atoms with Crippen molar-refractivity contribution in [3.8, 4) is 11.8 Å². The molecule has 112 valence electrons. The van der Waals surface area contributed by atoms with Crippen LogP contribution in [0.2, 0.25) is 0 Å². The number of methoxy groups -OCH3 is 2. The van der Waals surface area contributed by atoms with E-state index >= 15 is 0 Å². The van der Waals surface area contributed by atoms with Gasteiger partial charge in [0.15, 0.2) is 11.6 Å². The van der Waals surface area contributed by atoms with E-state index in [1.54, 1.807) is 6.07 Å². The Balaban J connectivity index is 1.95. The third kappa shape index (κ3) is 4.05. The van der Waals surface area contributed by atoms with Crippen molar-refractivity contribution in [3.63, 3.8) is 0 Å². The predicted molar refractivity (Wildman–Crippen MR) is 78.5 cm³/mol. The number of ether oxygens (including phenoxy) is 2. The van der Waals surface area contributed by atoms with Crippen LogP contribution in [0.5, 0.6) is 11.8 Å². The summed E-state index contributed by atoms with van der Waals surface area (Å²) in [4.78, 5) is 8.30. The summed E-state index contributed by atoms with van der Waals surface area (Å²) in [6.45, 7) is 2.50. The Labute approximate surface area is 123 Å². The van der Waals surface area contributed by atoms with Gasteiger partial charge in [-0.2, -0.15) is 4.98 Å². The van der Waals surface area contributed by atoms with Gasteiger partial charge in [0.25, 0.3) is 0 Å². The maximum Gasteiger partial charge on any atom is 0.318 e. The molecule has 2 aromatic rings. The van der Waals surface area contributed by atoms with E-state index in [4.69, 9.17) is 9.47 Å². The normalized spacial score (nSPS) is 10.3. The van der Waals surface area contributed by atoms with E-state index in [9.17, 15) is 4.39 Å². The second-order valence-corrected chi connectivity index (χ2v) is 4.53. The first-order valence-corrected chi connectivity index (χ1v) is 6.58. The maximum atomic E-state index is 13.6. The quantitative estimate of drug-likeness (QED) is 0.886. The standard InChI is InChI=1S/C15H18FN3O2/c1-10-8-14(19-15(18-10)21-3)17-7-6-11-4-5-13(20-2)12(16)9-11/h4-5,8-9H,6-7H2,1-3H3,(H,17,18,19). The Morgan fingerprint density at radius 2 is 1.95 bits per heavy atom. The molecule has 0 atom stereocenters.